The van der Waals surface area contributed by atoms with E-state index in [1.807, 2.05) is 0 Å². The van der Waals surface area contributed by atoms with Crippen molar-refractivity contribution in [3.05, 3.63) is 0 Å². The van der Waals surface area contributed by atoms with Gasteiger partial charge >= 0.3 is 0 Å². The maximum atomic E-state index is 9.88. The molecule has 0 radical (unpaired) electrons. The first-order chi connectivity index (χ1) is 8.22. The Balaban J connectivity index is 3.64. The number of hydrogen-bond acceptors (Lipinski definition) is 3. The molecule has 1 atom stereocenters. The third kappa shape index (κ3) is 8.90. The van der Waals surface area contributed by atoms with E-state index in [4.69, 9.17) is 9.84 Å². The maximum Gasteiger partial charge on any atom is 0.0622 e. The van der Waals surface area contributed by atoms with Gasteiger partial charge in [-0.15, -0.1) is 0 Å². The van der Waals surface area contributed by atoms with Gasteiger partial charge in [0.25, 0.3) is 0 Å². The zero-order valence-electron chi connectivity index (χ0n) is 12.8. The van der Waals surface area contributed by atoms with E-state index in [1.165, 1.54) is 0 Å². The fourth-order valence-electron chi connectivity index (χ4n) is 1.91. The van der Waals surface area contributed by atoms with Gasteiger partial charge in [-0.05, 0) is 51.4 Å². The second-order valence-electron chi connectivity index (χ2n) is 6.72. The minimum absolute atomic E-state index is 0.0161. The summed E-state index contributed by atoms with van der Waals surface area (Å²) in [6.45, 7) is 8.47. The molecule has 0 aliphatic heterocycles. The van der Waals surface area contributed by atoms with E-state index in [-0.39, 0.29) is 23.7 Å². The molecule has 3 nitrogen and oxygen atoms in total. The average molecular weight is 260 g/mol. The molecule has 0 aliphatic carbocycles. The third-order valence-electron chi connectivity index (χ3n) is 3.69. The molecular weight excluding hydrogens is 228 g/mol. The van der Waals surface area contributed by atoms with Gasteiger partial charge in [-0.2, -0.15) is 0 Å². The summed E-state index contributed by atoms with van der Waals surface area (Å²) in [6.07, 6.45) is 5.36. The second-order valence-corrected chi connectivity index (χ2v) is 6.72. The fourth-order valence-corrected chi connectivity index (χ4v) is 1.91. The lowest BCUT2D eigenvalue weighted by Crippen LogP contribution is -2.23. The predicted octanol–water partition coefficient (Wildman–Crippen LogP) is 3.13. The standard InChI is InChI=1S/C15H32O3/c1-14(2,12-16)10-6-8-13(17)9-7-11-15(3,4)18-5/h13,16-17H,6-12H2,1-5H3. The Morgan fingerprint density at radius 1 is 1.00 bits per heavy atom. The number of rotatable bonds is 10. The molecule has 110 valence electrons. The van der Waals surface area contributed by atoms with Crippen molar-refractivity contribution in [2.45, 2.75) is 77.9 Å². The maximum absolute atomic E-state index is 9.88. The molecule has 0 saturated carbocycles. The molecule has 0 heterocycles. The molecule has 0 spiro atoms. The van der Waals surface area contributed by atoms with Crippen molar-refractivity contribution >= 4 is 0 Å². The Morgan fingerprint density at radius 3 is 1.94 bits per heavy atom. The van der Waals surface area contributed by atoms with Crippen molar-refractivity contribution in [3.8, 4) is 0 Å². The Morgan fingerprint density at radius 2 is 1.50 bits per heavy atom. The Bertz CT molecular complexity index is 190. The Kier molecular flexibility index (Phi) is 8.08. The minimum Gasteiger partial charge on any atom is -0.396 e. The molecule has 3 heteroatoms. The number of aliphatic hydroxyl groups is 2. The smallest absolute Gasteiger partial charge is 0.0622 e. The summed E-state index contributed by atoms with van der Waals surface area (Å²) in [5, 5.41) is 19.0. The molecule has 0 aromatic heterocycles. The van der Waals surface area contributed by atoms with E-state index >= 15 is 0 Å². The van der Waals surface area contributed by atoms with Crippen LogP contribution >= 0.6 is 0 Å². The van der Waals surface area contributed by atoms with Crippen LogP contribution in [0.15, 0.2) is 0 Å². The summed E-state index contributed by atoms with van der Waals surface area (Å²) < 4.78 is 5.35. The van der Waals surface area contributed by atoms with Crippen LogP contribution in [0.25, 0.3) is 0 Å². The van der Waals surface area contributed by atoms with Crippen molar-refractivity contribution in [2.75, 3.05) is 13.7 Å². The van der Waals surface area contributed by atoms with E-state index in [0.29, 0.717) is 0 Å². The molecule has 1 unspecified atom stereocenters. The summed E-state index contributed by atoms with van der Waals surface area (Å²) in [7, 11) is 1.73. The van der Waals surface area contributed by atoms with Crippen LogP contribution < -0.4 is 0 Å². The van der Waals surface area contributed by atoms with Crippen LogP contribution in [0.4, 0.5) is 0 Å². The Labute approximate surface area is 113 Å². The van der Waals surface area contributed by atoms with Crippen molar-refractivity contribution in [1.29, 1.82) is 0 Å². The summed E-state index contributed by atoms with van der Waals surface area (Å²) in [4.78, 5) is 0. The lowest BCUT2D eigenvalue weighted by molar-refractivity contribution is 0.0102. The first-order valence-corrected chi connectivity index (χ1v) is 7.06. The Hall–Kier alpha value is -0.120. The first kappa shape index (κ1) is 17.9. The van der Waals surface area contributed by atoms with Crippen LogP contribution in [-0.2, 0) is 4.74 Å². The average Bonchev–Trinajstić information content (AvgIpc) is 2.28. The van der Waals surface area contributed by atoms with Crippen molar-refractivity contribution in [1.82, 2.24) is 0 Å². The predicted molar refractivity (Wildman–Crippen MR) is 75.7 cm³/mol. The van der Waals surface area contributed by atoms with E-state index in [0.717, 1.165) is 38.5 Å². The summed E-state index contributed by atoms with van der Waals surface area (Å²) >= 11 is 0. The third-order valence-corrected chi connectivity index (χ3v) is 3.69. The van der Waals surface area contributed by atoms with Crippen molar-refractivity contribution < 1.29 is 14.9 Å². The minimum atomic E-state index is -0.216. The van der Waals surface area contributed by atoms with Crippen LogP contribution in [0.1, 0.15) is 66.2 Å². The van der Waals surface area contributed by atoms with Gasteiger partial charge in [0.2, 0.25) is 0 Å². The van der Waals surface area contributed by atoms with Crippen LogP contribution in [0.5, 0.6) is 0 Å². The van der Waals surface area contributed by atoms with Gasteiger partial charge in [-0.25, -0.2) is 0 Å². The highest BCUT2D eigenvalue weighted by atomic mass is 16.5. The van der Waals surface area contributed by atoms with Crippen LogP contribution in [-0.4, -0.2) is 35.6 Å². The number of aliphatic hydroxyl groups excluding tert-OH is 2. The van der Waals surface area contributed by atoms with Gasteiger partial charge in [0.05, 0.1) is 11.7 Å². The SMILES string of the molecule is COC(C)(C)CCCC(O)CCCC(C)(C)CO. The van der Waals surface area contributed by atoms with Crippen LogP contribution in [0, 0.1) is 5.41 Å². The van der Waals surface area contributed by atoms with Gasteiger partial charge in [0.1, 0.15) is 0 Å². The number of methoxy groups -OCH3 is 1. The van der Waals surface area contributed by atoms with Gasteiger partial charge in [-0.3, -0.25) is 0 Å². The molecule has 0 aromatic carbocycles. The summed E-state index contributed by atoms with van der Waals surface area (Å²) in [5.41, 5.74) is -0.101. The zero-order chi connectivity index (χ0) is 14.2. The van der Waals surface area contributed by atoms with E-state index in [1.54, 1.807) is 7.11 Å². The highest BCUT2D eigenvalue weighted by molar-refractivity contribution is 4.70. The molecule has 0 aliphatic rings. The largest absolute Gasteiger partial charge is 0.396 e. The lowest BCUT2D eigenvalue weighted by atomic mass is 9.87. The first-order valence-electron chi connectivity index (χ1n) is 7.06. The molecule has 0 aromatic rings. The number of ether oxygens (including phenoxy) is 1. The quantitative estimate of drug-likeness (QED) is 0.634. The summed E-state index contributed by atoms with van der Waals surface area (Å²) in [5.74, 6) is 0. The van der Waals surface area contributed by atoms with Crippen LogP contribution in [0.3, 0.4) is 0 Å². The molecule has 0 rings (SSSR count). The lowest BCUT2D eigenvalue weighted by Gasteiger charge is -2.24. The number of hydrogen-bond donors (Lipinski definition) is 2. The fraction of sp³-hybridized carbons (Fsp3) is 1.00. The van der Waals surface area contributed by atoms with Crippen LogP contribution in [0.2, 0.25) is 0 Å². The molecule has 0 fully saturated rings. The summed E-state index contributed by atoms with van der Waals surface area (Å²) in [6, 6.07) is 0. The van der Waals surface area contributed by atoms with Gasteiger partial charge in [0, 0.05) is 13.7 Å². The molecule has 0 saturated heterocycles. The van der Waals surface area contributed by atoms with E-state index in [2.05, 4.69) is 27.7 Å². The zero-order valence-corrected chi connectivity index (χ0v) is 12.8. The second kappa shape index (κ2) is 8.13. The topological polar surface area (TPSA) is 49.7 Å². The molecule has 0 amide bonds. The molecular formula is C15H32O3. The van der Waals surface area contributed by atoms with Gasteiger partial charge in [0.15, 0.2) is 0 Å². The highest BCUT2D eigenvalue weighted by Crippen LogP contribution is 2.24. The normalized spacial score (nSPS) is 14.8. The van der Waals surface area contributed by atoms with Crippen molar-refractivity contribution in [2.24, 2.45) is 5.41 Å². The monoisotopic (exact) mass is 260 g/mol. The molecule has 18 heavy (non-hydrogen) atoms. The molecule has 2 N–H and O–H groups in total. The van der Waals surface area contributed by atoms with E-state index < -0.39 is 0 Å². The highest BCUT2D eigenvalue weighted by Gasteiger charge is 2.18. The van der Waals surface area contributed by atoms with Gasteiger partial charge < -0.3 is 14.9 Å². The van der Waals surface area contributed by atoms with Crippen molar-refractivity contribution in [3.63, 3.8) is 0 Å². The molecule has 0 bridgehead atoms. The van der Waals surface area contributed by atoms with E-state index in [9.17, 15) is 5.11 Å². The van der Waals surface area contributed by atoms with Gasteiger partial charge in [-0.1, -0.05) is 20.3 Å².